The molecule has 1 heterocycles. The molecule has 1 atom stereocenters. The van der Waals surface area contributed by atoms with Crippen molar-refractivity contribution in [3.05, 3.63) is 71.5 Å². The van der Waals surface area contributed by atoms with E-state index in [0.717, 1.165) is 24.9 Å². The van der Waals surface area contributed by atoms with Crippen LogP contribution in [0.5, 0.6) is 0 Å². The molecule has 2 aromatic rings. The van der Waals surface area contributed by atoms with Gasteiger partial charge in [0.25, 0.3) is 0 Å². The molecule has 142 valence electrons. The highest BCUT2D eigenvalue weighted by Gasteiger charge is 2.22. The van der Waals surface area contributed by atoms with Gasteiger partial charge in [-0.25, -0.2) is 4.39 Å². The first-order valence-electron chi connectivity index (χ1n) is 9.49. The van der Waals surface area contributed by atoms with E-state index in [4.69, 9.17) is 0 Å². The number of hydrogen-bond donors (Lipinski definition) is 1. The largest absolute Gasteiger partial charge is 0.354 e. The van der Waals surface area contributed by atoms with Gasteiger partial charge in [-0.1, -0.05) is 48.5 Å². The third kappa shape index (κ3) is 5.16. The second-order valence-electron chi connectivity index (χ2n) is 6.88. The van der Waals surface area contributed by atoms with Gasteiger partial charge in [0.05, 0.1) is 0 Å². The Morgan fingerprint density at radius 1 is 1.07 bits per heavy atom. The van der Waals surface area contributed by atoms with Crippen LogP contribution >= 0.6 is 0 Å². The second-order valence-corrected chi connectivity index (χ2v) is 6.88. The molecule has 5 heteroatoms. The van der Waals surface area contributed by atoms with E-state index in [1.165, 1.54) is 6.07 Å². The van der Waals surface area contributed by atoms with Crippen LogP contribution < -0.4 is 5.32 Å². The zero-order valence-electron chi connectivity index (χ0n) is 15.4. The van der Waals surface area contributed by atoms with Gasteiger partial charge >= 0.3 is 0 Å². The molecule has 4 nitrogen and oxygen atoms in total. The van der Waals surface area contributed by atoms with Gasteiger partial charge in [-0.15, -0.1) is 0 Å². The second kappa shape index (κ2) is 9.31. The number of benzene rings is 2. The summed E-state index contributed by atoms with van der Waals surface area (Å²) in [6, 6.07) is 16.1. The average Bonchev–Trinajstić information content (AvgIpc) is 2.69. The Morgan fingerprint density at radius 2 is 1.81 bits per heavy atom. The van der Waals surface area contributed by atoms with E-state index in [2.05, 4.69) is 5.32 Å². The van der Waals surface area contributed by atoms with Crippen LogP contribution in [0.15, 0.2) is 54.6 Å². The minimum atomic E-state index is -0.344. The molecule has 1 N–H and O–H groups in total. The topological polar surface area (TPSA) is 49.4 Å². The number of rotatable bonds is 7. The number of halogens is 1. The normalized spacial score (nSPS) is 15.4. The Hall–Kier alpha value is -2.69. The summed E-state index contributed by atoms with van der Waals surface area (Å²) >= 11 is 0. The Bertz CT molecular complexity index is 779. The molecule has 1 fully saturated rings. The van der Waals surface area contributed by atoms with Crippen molar-refractivity contribution >= 4 is 11.8 Å². The molecule has 2 amide bonds. The van der Waals surface area contributed by atoms with Crippen molar-refractivity contribution in [3.63, 3.8) is 0 Å². The van der Waals surface area contributed by atoms with Gasteiger partial charge in [-0.2, -0.15) is 0 Å². The molecule has 3 rings (SSSR count). The van der Waals surface area contributed by atoms with Crippen molar-refractivity contribution in [1.29, 1.82) is 0 Å². The highest BCUT2D eigenvalue weighted by atomic mass is 19.1. The van der Waals surface area contributed by atoms with Crippen LogP contribution in [0.1, 0.15) is 42.7 Å². The molecule has 27 heavy (non-hydrogen) atoms. The maximum atomic E-state index is 14.3. The van der Waals surface area contributed by atoms with Crippen molar-refractivity contribution in [3.8, 4) is 0 Å². The van der Waals surface area contributed by atoms with E-state index in [0.29, 0.717) is 25.1 Å². The lowest BCUT2D eigenvalue weighted by Crippen LogP contribution is -2.41. The maximum absolute atomic E-state index is 14.3. The zero-order valence-corrected chi connectivity index (χ0v) is 15.4. The van der Waals surface area contributed by atoms with Crippen molar-refractivity contribution in [2.75, 3.05) is 19.6 Å². The van der Waals surface area contributed by atoms with Crippen LogP contribution in [0.4, 0.5) is 4.39 Å². The molecule has 0 spiro atoms. The van der Waals surface area contributed by atoms with Crippen LogP contribution in [0.2, 0.25) is 0 Å². The predicted molar refractivity (Wildman–Crippen MR) is 103 cm³/mol. The van der Waals surface area contributed by atoms with E-state index in [9.17, 15) is 14.0 Å². The van der Waals surface area contributed by atoms with Gasteiger partial charge in [0.15, 0.2) is 0 Å². The standard InChI is InChI=1S/C22H25FN2O2/c23-20-11-5-4-10-18(20)19(17-8-2-1-3-9-17)16-21(26)24-13-15-25-14-7-6-12-22(25)27/h1-5,8-11,19H,6-7,12-16H2,(H,24,26)/t19-/m1/s1. The molecular formula is C22H25FN2O2. The van der Waals surface area contributed by atoms with Crippen molar-refractivity contribution < 1.29 is 14.0 Å². The van der Waals surface area contributed by atoms with Crippen molar-refractivity contribution in [2.24, 2.45) is 0 Å². The molecule has 0 bridgehead atoms. The van der Waals surface area contributed by atoms with Crippen LogP contribution in [-0.4, -0.2) is 36.3 Å². The molecule has 0 radical (unpaired) electrons. The number of nitrogens with one attached hydrogen (secondary N) is 1. The summed E-state index contributed by atoms with van der Waals surface area (Å²) in [5.41, 5.74) is 1.43. The summed E-state index contributed by atoms with van der Waals surface area (Å²) in [5, 5.41) is 2.88. The zero-order chi connectivity index (χ0) is 19.1. The molecule has 0 unspecified atom stereocenters. The van der Waals surface area contributed by atoms with Crippen LogP contribution in [0, 0.1) is 5.82 Å². The molecule has 1 saturated heterocycles. The van der Waals surface area contributed by atoms with E-state index in [1.54, 1.807) is 23.1 Å². The molecular weight excluding hydrogens is 343 g/mol. The SMILES string of the molecule is O=C(C[C@H](c1ccccc1)c1ccccc1F)NCCN1CCCCC1=O. The number of nitrogens with zero attached hydrogens (tertiary/aromatic N) is 1. The maximum Gasteiger partial charge on any atom is 0.222 e. The van der Waals surface area contributed by atoms with E-state index >= 15 is 0 Å². The lowest BCUT2D eigenvalue weighted by molar-refractivity contribution is -0.133. The minimum Gasteiger partial charge on any atom is -0.354 e. The number of likely N-dealkylation sites (tertiary alicyclic amines) is 1. The fraction of sp³-hybridized carbons (Fsp3) is 0.364. The van der Waals surface area contributed by atoms with Crippen molar-refractivity contribution in [2.45, 2.75) is 31.6 Å². The minimum absolute atomic E-state index is 0.142. The lowest BCUT2D eigenvalue weighted by atomic mass is 9.88. The Morgan fingerprint density at radius 3 is 2.56 bits per heavy atom. The quantitative estimate of drug-likeness (QED) is 0.813. The lowest BCUT2D eigenvalue weighted by Gasteiger charge is -2.26. The number of carbonyl (C=O) groups excluding carboxylic acids is 2. The number of amides is 2. The average molecular weight is 368 g/mol. The molecule has 0 aliphatic carbocycles. The molecule has 1 aliphatic heterocycles. The van der Waals surface area contributed by atoms with E-state index in [1.807, 2.05) is 30.3 Å². The summed E-state index contributed by atoms with van der Waals surface area (Å²) in [6.07, 6.45) is 2.72. The number of hydrogen-bond acceptors (Lipinski definition) is 2. The molecule has 0 saturated carbocycles. The summed E-state index contributed by atoms with van der Waals surface area (Å²) < 4.78 is 14.3. The molecule has 0 aromatic heterocycles. The third-order valence-corrected chi connectivity index (χ3v) is 5.00. The Kier molecular flexibility index (Phi) is 6.58. The van der Waals surface area contributed by atoms with E-state index < -0.39 is 0 Å². The van der Waals surface area contributed by atoms with Crippen LogP contribution in [0.25, 0.3) is 0 Å². The highest BCUT2D eigenvalue weighted by Crippen LogP contribution is 2.29. The third-order valence-electron chi connectivity index (χ3n) is 5.00. The first kappa shape index (κ1) is 19.1. The molecule has 1 aliphatic rings. The van der Waals surface area contributed by atoms with Gasteiger partial charge in [0.1, 0.15) is 5.82 Å². The van der Waals surface area contributed by atoms with E-state index in [-0.39, 0.29) is 30.0 Å². The number of piperidine rings is 1. The smallest absolute Gasteiger partial charge is 0.222 e. The van der Waals surface area contributed by atoms with Crippen LogP contribution in [0.3, 0.4) is 0 Å². The summed E-state index contributed by atoms with van der Waals surface area (Å²) in [7, 11) is 0. The first-order valence-corrected chi connectivity index (χ1v) is 9.49. The van der Waals surface area contributed by atoms with Gasteiger partial charge in [0, 0.05) is 38.4 Å². The fourth-order valence-electron chi connectivity index (χ4n) is 3.54. The Labute approximate surface area is 159 Å². The predicted octanol–water partition coefficient (Wildman–Crippen LogP) is 3.48. The summed E-state index contributed by atoms with van der Waals surface area (Å²) in [4.78, 5) is 26.1. The summed E-state index contributed by atoms with van der Waals surface area (Å²) in [5.74, 6) is -0.636. The van der Waals surface area contributed by atoms with Crippen molar-refractivity contribution in [1.82, 2.24) is 10.2 Å². The first-order chi connectivity index (χ1) is 13.1. The number of carbonyl (C=O) groups is 2. The molecule has 2 aromatic carbocycles. The highest BCUT2D eigenvalue weighted by molar-refractivity contribution is 5.78. The van der Waals surface area contributed by atoms with Gasteiger partial charge in [-0.3, -0.25) is 9.59 Å². The van der Waals surface area contributed by atoms with Crippen LogP contribution in [-0.2, 0) is 9.59 Å². The van der Waals surface area contributed by atoms with Gasteiger partial charge in [0.2, 0.25) is 11.8 Å². The fourth-order valence-corrected chi connectivity index (χ4v) is 3.54. The van der Waals surface area contributed by atoms with Gasteiger partial charge in [-0.05, 0) is 30.0 Å². The van der Waals surface area contributed by atoms with Gasteiger partial charge < -0.3 is 10.2 Å². The summed E-state index contributed by atoms with van der Waals surface area (Å²) in [6.45, 7) is 1.71. The Balaban J connectivity index is 1.63. The monoisotopic (exact) mass is 368 g/mol.